The Kier molecular flexibility index (Phi) is 4.19. The van der Waals surface area contributed by atoms with Gasteiger partial charge in [0.2, 0.25) is 0 Å². The third-order valence-electron chi connectivity index (χ3n) is 2.07. The van der Waals surface area contributed by atoms with E-state index >= 15 is 0 Å². The molecular weight excluding hydrogens is 240 g/mol. The highest BCUT2D eigenvalue weighted by Gasteiger charge is 2.10. The highest BCUT2D eigenvalue weighted by molar-refractivity contribution is 9.10. The summed E-state index contributed by atoms with van der Waals surface area (Å²) in [6, 6.07) is 5.93. The maximum atomic E-state index is 9.83. The summed E-state index contributed by atoms with van der Waals surface area (Å²) in [5, 5.41) is 9.83. The van der Waals surface area contributed by atoms with Crippen LogP contribution in [0.5, 0.6) is 0 Å². The second-order valence-corrected chi connectivity index (χ2v) is 4.14. The summed E-state index contributed by atoms with van der Waals surface area (Å²) in [4.78, 5) is 0. The van der Waals surface area contributed by atoms with Crippen LogP contribution in [0.4, 0.5) is 0 Å². The Morgan fingerprint density at radius 1 is 1.57 bits per heavy atom. The molecule has 1 nitrogen and oxygen atoms in total. The molecule has 0 fully saturated rings. The van der Waals surface area contributed by atoms with Crippen molar-refractivity contribution in [3.05, 3.63) is 33.8 Å². The molecule has 0 aliphatic carbocycles. The van der Waals surface area contributed by atoms with Gasteiger partial charge in [-0.15, -0.1) is 12.3 Å². The standard InChI is InChI=1S/C12H13BrO/c1-3-4-5-12(14)10-8-9(2)6-7-11(10)13/h1,6-8,12,14H,4-5H2,2H3. The predicted octanol–water partition coefficient (Wildman–Crippen LogP) is 3.20. The minimum absolute atomic E-state index is 0.472. The lowest BCUT2D eigenvalue weighted by molar-refractivity contribution is 0.168. The number of hydrogen-bond acceptors (Lipinski definition) is 1. The maximum Gasteiger partial charge on any atom is 0.0810 e. The Bertz CT molecular complexity index is 352. The predicted molar refractivity (Wildman–Crippen MR) is 61.9 cm³/mol. The topological polar surface area (TPSA) is 20.2 Å². The zero-order valence-corrected chi connectivity index (χ0v) is 9.71. The van der Waals surface area contributed by atoms with Gasteiger partial charge in [-0.3, -0.25) is 0 Å². The van der Waals surface area contributed by atoms with Gasteiger partial charge in [-0.05, 0) is 25.0 Å². The minimum Gasteiger partial charge on any atom is -0.388 e. The summed E-state index contributed by atoms with van der Waals surface area (Å²) < 4.78 is 0.938. The Balaban J connectivity index is 2.83. The van der Waals surface area contributed by atoms with Crippen molar-refractivity contribution < 1.29 is 5.11 Å². The molecular formula is C12H13BrO. The van der Waals surface area contributed by atoms with E-state index in [9.17, 15) is 5.11 Å². The summed E-state index contributed by atoms with van der Waals surface area (Å²) in [5.74, 6) is 2.53. The molecule has 0 saturated heterocycles. The van der Waals surface area contributed by atoms with E-state index in [0.29, 0.717) is 12.8 Å². The maximum absolute atomic E-state index is 9.83. The van der Waals surface area contributed by atoms with E-state index in [1.807, 2.05) is 25.1 Å². The summed E-state index contributed by atoms with van der Waals surface area (Å²) in [6.45, 7) is 2.00. The fraction of sp³-hybridized carbons (Fsp3) is 0.333. The van der Waals surface area contributed by atoms with E-state index in [4.69, 9.17) is 6.42 Å². The number of aryl methyl sites for hydroxylation is 1. The van der Waals surface area contributed by atoms with Crippen molar-refractivity contribution in [1.29, 1.82) is 0 Å². The van der Waals surface area contributed by atoms with Crippen LogP contribution >= 0.6 is 15.9 Å². The monoisotopic (exact) mass is 252 g/mol. The van der Waals surface area contributed by atoms with Gasteiger partial charge in [0.15, 0.2) is 0 Å². The normalized spacial score (nSPS) is 12.1. The lowest BCUT2D eigenvalue weighted by Gasteiger charge is -2.12. The molecule has 14 heavy (non-hydrogen) atoms. The van der Waals surface area contributed by atoms with Crippen LogP contribution in [0.3, 0.4) is 0 Å². The average Bonchev–Trinajstić information content (AvgIpc) is 2.18. The van der Waals surface area contributed by atoms with Gasteiger partial charge in [0, 0.05) is 10.9 Å². The van der Waals surface area contributed by atoms with Crippen LogP contribution in [0, 0.1) is 19.3 Å². The molecule has 0 heterocycles. The molecule has 1 N–H and O–H groups in total. The molecule has 1 unspecified atom stereocenters. The first-order valence-corrected chi connectivity index (χ1v) is 5.32. The number of aliphatic hydroxyl groups excluding tert-OH is 1. The largest absolute Gasteiger partial charge is 0.388 e. The van der Waals surface area contributed by atoms with E-state index in [1.165, 1.54) is 0 Å². The molecule has 0 bridgehead atoms. The van der Waals surface area contributed by atoms with E-state index < -0.39 is 6.10 Å². The molecule has 0 amide bonds. The lowest BCUT2D eigenvalue weighted by atomic mass is 10.0. The first-order valence-electron chi connectivity index (χ1n) is 4.52. The highest BCUT2D eigenvalue weighted by atomic mass is 79.9. The van der Waals surface area contributed by atoms with Crippen molar-refractivity contribution >= 4 is 15.9 Å². The fourth-order valence-corrected chi connectivity index (χ4v) is 1.80. The van der Waals surface area contributed by atoms with Gasteiger partial charge in [-0.25, -0.2) is 0 Å². The van der Waals surface area contributed by atoms with E-state index in [1.54, 1.807) is 0 Å². The minimum atomic E-state index is -0.472. The van der Waals surface area contributed by atoms with Gasteiger partial charge in [0.05, 0.1) is 6.10 Å². The molecule has 74 valence electrons. The number of hydrogen-bond donors (Lipinski definition) is 1. The first kappa shape index (κ1) is 11.3. The number of aliphatic hydroxyl groups is 1. The third kappa shape index (κ3) is 2.87. The molecule has 1 aromatic rings. The Labute approximate surface area is 93.3 Å². The van der Waals surface area contributed by atoms with Gasteiger partial charge in [-0.2, -0.15) is 0 Å². The fourth-order valence-electron chi connectivity index (χ4n) is 1.29. The van der Waals surface area contributed by atoms with E-state index in [2.05, 4.69) is 21.9 Å². The van der Waals surface area contributed by atoms with E-state index in [0.717, 1.165) is 15.6 Å². The Morgan fingerprint density at radius 3 is 2.93 bits per heavy atom. The number of benzene rings is 1. The highest BCUT2D eigenvalue weighted by Crippen LogP contribution is 2.27. The van der Waals surface area contributed by atoms with Gasteiger partial charge >= 0.3 is 0 Å². The molecule has 0 saturated carbocycles. The number of halogens is 1. The molecule has 1 aromatic carbocycles. The molecule has 0 aliphatic heterocycles. The molecule has 0 spiro atoms. The van der Waals surface area contributed by atoms with Crippen molar-refractivity contribution in [3.8, 4) is 12.3 Å². The van der Waals surface area contributed by atoms with Crippen LogP contribution in [-0.2, 0) is 0 Å². The van der Waals surface area contributed by atoms with Crippen LogP contribution < -0.4 is 0 Å². The lowest BCUT2D eigenvalue weighted by Crippen LogP contribution is -1.98. The molecule has 1 rings (SSSR count). The Morgan fingerprint density at radius 2 is 2.29 bits per heavy atom. The van der Waals surface area contributed by atoms with Crippen molar-refractivity contribution in [3.63, 3.8) is 0 Å². The van der Waals surface area contributed by atoms with Gasteiger partial charge in [0.1, 0.15) is 0 Å². The van der Waals surface area contributed by atoms with Crippen molar-refractivity contribution in [2.24, 2.45) is 0 Å². The summed E-state index contributed by atoms with van der Waals surface area (Å²) in [7, 11) is 0. The first-order chi connectivity index (χ1) is 6.65. The van der Waals surface area contributed by atoms with Gasteiger partial charge in [-0.1, -0.05) is 33.6 Å². The van der Waals surface area contributed by atoms with Crippen LogP contribution in [0.25, 0.3) is 0 Å². The van der Waals surface area contributed by atoms with E-state index in [-0.39, 0.29) is 0 Å². The van der Waals surface area contributed by atoms with Crippen molar-refractivity contribution in [2.75, 3.05) is 0 Å². The smallest absolute Gasteiger partial charge is 0.0810 e. The zero-order valence-electron chi connectivity index (χ0n) is 8.13. The van der Waals surface area contributed by atoms with Gasteiger partial charge < -0.3 is 5.11 Å². The molecule has 2 heteroatoms. The summed E-state index contributed by atoms with van der Waals surface area (Å²) in [5.41, 5.74) is 2.06. The second kappa shape index (κ2) is 5.19. The second-order valence-electron chi connectivity index (χ2n) is 3.28. The van der Waals surface area contributed by atoms with Crippen LogP contribution in [0.1, 0.15) is 30.1 Å². The Hall–Kier alpha value is -0.780. The molecule has 0 aliphatic rings. The average molecular weight is 253 g/mol. The van der Waals surface area contributed by atoms with Crippen molar-refractivity contribution in [1.82, 2.24) is 0 Å². The van der Waals surface area contributed by atoms with Crippen LogP contribution in [0.2, 0.25) is 0 Å². The quantitative estimate of drug-likeness (QED) is 0.820. The molecule has 0 radical (unpaired) electrons. The zero-order chi connectivity index (χ0) is 10.6. The number of terminal acetylenes is 1. The SMILES string of the molecule is C#CCCC(O)c1cc(C)ccc1Br. The van der Waals surface area contributed by atoms with Gasteiger partial charge in [0.25, 0.3) is 0 Å². The third-order valence-corrected chi connectivity index (χ3v) is 2.79. The summed E-state index contributed by atoms with van der Waals surface area (Å²) >= 11 is 3.41. The molecule has 0 aromatic heterocycles. The summed E-state index contributed by atoms with van der Waals surface area (Å²) in [6.07, 6.45) is 5.89. The van der Waals surface area contributed by atoms with Crippen LogP contribution in [0.15, 0.2) is 22.7 Å². The molecule has 1 atom stereocenters. The van der Waals surface area contributed by atoms with Crippen LogP contribution in [-0.4, -0.2) is 5.11 Å². The van der Waals surface area contributed by atoms with Crippen molar-refractivity contribution in [2.45, 2.75) is 25.9 Å². The number of rotatable bonds is 3.